The second-order valence-corrected chi connectivity index (χ2v) is 3.12. The van der Waals surface area contributed by atoms with E-state index < -0.39 is 0 Å². The van der Waals surface area contributed by atoms with E-state index in [1.807, 2.05) is 6.92 Å². The molecule has 0 saturated carbocycles. The van der Waals surface area contributed by atoms with Crippen LogP contribution in [0.15, 0.2) is 0 Å². The summed E-state index contributed by atoms with van der Waals surface area (Å²) in [6.45, 7) is 4.30. The minimum absolute atomic E-state index is 0.151. The fourth-order valence-electron chi connectivity index (χ4n) is 1.13. The molecule has 1 heterocycles. The lowest BCUT2D eigenvalue weighted by Crippen LogP contribution is -2.29. The Kier molecular flexibility index (Phi) is 3.83. The summed E-state index contributed by atoms with van der Waals surface area (Å²) >= 11 is 0. The first-order chi connectivity index (χ1) is 5.29. The van der Waals surface area contributed by atoms with Crippen LogP contribution < -0.4 is 5.73 Å². The van der Waals surface area contributed by atoms with Gasteiger partial charge in [-0.3, -0.25) is 0 Å². The molecule has 0 aromatic carbocycles. The number of nitrogens with two attached hydrogens (primary N) is 1. The highest BCUT2D eigenvalue weighted by Gasteiger charge is 2.13. The van der Waals surface area contributed by atoms with Gasteiger partial charge in [-0.15, -0.1) is 0 Å². The first-order valence-corrected chi connectivity index (χ1v) is 4.24. The minimum Gasteiger partial charge on any atom is -0.381 e. The van der Waals surface area contributed by atoms with Crippen molar-refractivity contribution in [3.8, 4) is 0 Å². The molecule has 1 rings (SSSR count). The Bertz CT molecular complexity index is 100. The van der Waals surface area contributed by atoms with E-state index in [1.165, 1.54) is 0 Å². The lowest BCUT2D eigenvalue weighted by atomic mass is 10.1. The topological polar surface area (TPSA) is 44.5 Å². The van der Waals surface area contributed by atoms with Crippen molar-refractivity contribution >= 4 is 0 Å². The first kappa shape index (κ1) is 8.97. The van der Waals surface area contributed by atoms with E-state index in [4.69, 9.17) is 15.2 Å². The molecule has 66 valence electrons. The molecule has 0 aliphatic carbocycles. The molecule has 2 N–H and O–H groups in total. The van der Waals surface area contributed by atoms with Gasteiger partial charge in [0.15, 0.2) is 0 Å². The number of ether oxygens (including phenoxy) is 2. The van der Waals surface area contributed by atoms with Crippen molar-refractivity contribution in [3.05, 3.63) is 0 Å². The summed E-state index contributed by atoms with van der Waals surface area (Å²) < 4.78 is 10.7. The van der Waals surface area contributed by atoms with Crippen molar-refractivity contribution in [2.75, 3.05) is 19.8 Å². The van der Waals surface area contributed by atoms with Gasteiger partial charge in [-0.2, -0.15) is 0 Å². The summed E-state index contributed by atoms with van der Waals surface area (Å²) in [5.41, 5.74) is 5.55. The van der Waals surface area contributed by atoms with E-state index >= 15 is 0 Å². The third kappa shape index (κ3) is 3.70. The highest BCUT2D eigenvalue weighted by atomic mass is 16.5. The number of hydrogen-bond donors (Lipinski definition) is 1. The monoisotopic (exact) mass is 159 g/mol. The summed E-state index contributed by atoms with van der Waals surface area (Å²) in [7, 11) is 0. The Morgan fingerprint density at radius 2 is 2.18 bits per heavy atom. The third-order valence-electron chi connectivity index (χ3n) is 1.76. The van der Waals surface area contributed by atoms with Crippen molar-refractivity contribution in [1.82, 2.24) is 0 Å². The lowest BCUT2D eigenvalue weighted by Gasteiger charge is -2.23. The van der Waals surface area contributed by atoms with Gasteiger partial charge in [-0.25, -0.2) is 0 Å². The predicted octanol–water partition coefficient (Wildman–Crippen LogP) is 0.529. The smallest absolute Gasteiger partial charge is 0.0619 e. The molecule has 1 aliphatic heterocycles. The molecule has 11 heavy (non-hydrogen) atoms. The van der Waals surface area contributed by atoms with E-state index in [-0.39, 0.29) is 6.04 Å². The van der Waals surface area contributed by atoms with Gasteiger partial charge in [0.2, 0.25) is 0 Å². The van der Waals surface area contributed by atoms with Crippen LogP contribution in [0.1, 0.15) is 19.8 Å². The predicted molar refractivity (Wildman–Crippen MR) is 43.4 cm³/mol. The molecular formula is C8H17NO2. The zero-order chi connectivity index (χ0) is 8.10. The summed E-state index contributed by atoms with van der Waals surface area (Å²) in [6, 6.07) is 0.151. The van der Waals surface area contributed by atoms with Crippen LogP contribution in [0.5, 0.6) is 0 Å². The normalized spacial score (nSPS) is 23.5. The molecule has 3 heteroatoms. The van der Waals surface area contributed by atoms with Gasteiger partial charge < -0.3 is 15.2 Å². The Labute approximate surface area is 67.9 Å². The van der Waals surface area contributed by atoms with Crippen LogP contribution >= 0.6 is 0 Å². The van der Waals surface area contributed by atoms with Gasteiger partial charge in [-0.1, -0.05) is 0 Å². The molecule has 0 aromatic rings. The van der Waals surface area contributed by atoms with E-state index in [1.54, 1.807) is 0 Å². The summed E-state index contributed by atoms with van der Waals surface area (Å²) in [4.78, 5) is 0. The van der Waals surface area contributed by atoms with Crippen LogP contribution in [0.4, 0.5) is 0 Å². The summed E-state index contributed by atoms with van der Waals surface area (Å²) in [5, 5.41) is 0. The molecule has 1 fully saturated rings. The molecule has 1 aliphatic rings. The van der Waals surface area contributed by atoms with Crippen LogP contribution in [0.2, 0.25) is 0 Å². The minimum atomic E-state index is 0.151. The van der Waals surface area contributed by atoms with E-state index in [2.05, 4.69) is 0 Å². The number of hydrogen-bond acceptors (Lipinski definition) is 3. The average Bonchev–Trinajstić information content (AvgIpc) is 2.03. The molecular weight excluding hydrogens is 142 g/mol. The fraction of sp³-hybridized carbons (Fsp3) is 1.00. The van der Waals surface area contributed by atoms with Gasteiger partial charge in [-0.05, 0) is 19.8 Å². The molecule has 1 saturated heterocycles. The van der Waals surface area contributed by atoms with Gasteiger partial charge in [0, 0.05) is 19.3 Å². The van der Waals surface area contributed by atoms with Crippen molar-refractivity contribution < 1.29 is 9.47 Å². The van der Waals surface area contributed by atoms with Crippen molar-refractivity contribution in [2.45, 2.75) is 31.9 Å². The molecule has 0 amide bonds. The first-order valence-electron chi connectivity index (χ1n) is 4.24. The second-order valence-electron chi connectivity index (χ2n) is 3.12. The van der Waals surface area contributed by atoms with Crippen LogP contribution in [-0.2, 0) is 9.47 Å². The molecule has 0 unspecified atom stereocenters. The van der Waals surface area contributed by atoms with Crippen molar-refractivity contribution in [1.29, 1.82) is 0 Å². The summed E-state index contributed by atoms with van der Waals surface area (Å²) in [6.07, 6.45) is 2.43. The molecule has 0 aromatic heterocycles. The maximum atomic E-state index is 5.55. The van der Waals surface area contributed by atoms with Crippen molar-refractivity contribution in [3.63, 3.8) is 0 Å². The number of rotatable bonds is 3. The summed E-state index contributed by atoms with van der Waals surface area (Å²) in [5.74, 6) is 0. The second kappa shape index (κ2) is 4.70. The van der Waals surface area contributed by atoms with Gasteiger partial charge in [0.05, 0.1) is 12.7 Å². The van der Waals surface area contributed by atoms with Gasteiger partial charge in [0.1, 0.15) is 0 Å². The SMILES string of the molecule is C[C@@H](N)COC1CCOCC1. The standard InChI is InChI=1S/C8H17NO2/c1-7(9)6-11-8-2-4-10-5-3-8/h7-8H,2-6,9H2,1H3/t7-/m1/s1. The van der Waals surface area contributed by atoms with E-state index in [0.29, 0.717) is 12.7 Å². The zero-order valence-corrected chi connectivity index (χ0v) is 7.08. The van der Waals surface area contributed by atoms with Crippen LogP contribution in [-0.4, -0.2) is 32.0 Å². The highest BCUT2D eigenvalue weighted by Crippen LogP contribution is 2.10. The molecule has 1 atom stereocenters. The Morgan fingerprint density at radius 3 is 2.73 bits per heavy atom. The Morgan fingerprint density at radius 1 is 1.55 bits per heavy atom. The molecule has 0 radical (unpaired) electrons. The lowest BCUT2D eigenvalue weighted by molar-refractivity contribution is -0.0345. The average molecular weight is 159 g/mol. The Balaban J connectivity index is 2.05. The highest BCUT2D eigenvalue weighted by molar-refractivity contribution is 4.63. The van der Waals surface area contributed by atoms with Crippen LogP contribution in [0.25, 0.3) is 0 Å². The van der Waals surface area contributed by atoms with Crippen molar-refractivity contribution in [2.24, 2.45) is 5.73 Å². The maximum Gasteiger partial charge on any atom is 0.0619 e. The molecule has 0 spiro atoms. The van der Waals surface area contributed by atoms with E-state index in [9.17, 15) is 0 Å². The van der Waals surface area contributed by atoms with Crippen LogP contribution in [0.3, 0.4) is 0 Å². The van der Waals surface area contributed by atoms with Gasteiger partial charge >= 0.3 is 0 Å². The van der Waals surface area contributed by atoms with Crippen LogP contribution in [0, 0.1) is 0 Å². The quantitative estimate of drug-likeness (QED) is 0.653. The maximum absolute atomic E-state index is 5.55. The fourth-order valence-corrected chi connectivity index (χ4v) is 1.13. The molecule has 3 nitrogen and oxygen atoms in total. The molecule has 0 bridgehead atoms. The van der Waals surface area contributed by atoms with Gasteiger partial charge in [0.25, 0.3) is 0 Å². The zero-order valence-electron chi connectivity index (χ0n) is 7.08. The van der Waals surface area contributed by atoms with E-state index in [0.717, 1.165) is 26.1 Å². The third-order valence-corrected chi connectivity index (χ3v) is 1.76. The Hall–Kier alpha value is -0.120. The largest absolute Gasteiger partial charge is 0.381 e.